The van der Waals surface area contributed by atoms with E-state index in [4.69, 9.17) is 10.5 Å². The van der Waals surface area contributed by atoms with Gasteiger partial charge in [-0.05, 0) is 47.8 Å². The second kappa shape index (κ2) is 5.28. The van der Waals surface area contributed by atoms with Crippen LogP contribution >= 0.6 is 15.9 Å². The van der Waals surface area contributed by atoms with E-state index >= 15 is 0 Å². The van der Waals surface area contributed by atoms with Gasteiger partial charge in [-0.3, -0.25) is 4.79 Å². The van der Waals surface area contributed by atoms with Crippen LogP contribution in [0.25, 0.3) is 0 Å². The number of carbonyl (C=O) groups is 1. The first-order chi connectivity index (χ1) is 8.52. The largest absolute Gasteiger partial charge is 0.398 e. The molecule has 1 fully saturated rings. The number of anilines is 1. The smallest absolute Gasteiger partial charge is 0.252 e. The lowest BCUT2D eigenvalue weighted by Gasteiger charge is -2.34. The average Bonchev–Trinajstić information content (AvgIpc) is 2.33. The van der Waals surface area contributed by atoms with E-state index in [0.29, 0.717) is 28.9 Å². The number of benzene rings is 1. The Morgan fingerprint density at radius 1 is 1.44 bits per heavy atom. The summed E-state index contributed by atoms with van der Waals surface area (Å²) >= 11 is 3.35. The van der Waals surface area contributed by atoms with Crippen LogP contribution in [0.15, 0.2) is 22.7 Å². The highest BCUT2D eigenvalue weighted by Gasteiger charge is 2.29. The molecule has 4 nitrogen and oxygen atoms in total. The van der Waals surface area contributed by atoms with Crippen LogP contribution in [0.2, 0.25) is 0 Å². The highest BCUT2D eigenvalue weighted by molar-refractivity contribution is 9.10. The first kappa shape index (κ1) is 13.4. The van der Waals surface area contributed by atoms with Gasteiger partial charge in [-0.1, -0.05) is 6.07 Å². The second-order valence-electron chi connectivity index (χ2n) is 4.84. The van der Waals surface area contributed by atoms with Crippen molar-refractivity contribution >= 4 is 27.5 Å². The third-order valence-corrected chi connectivity index (χ3v) is 4.17. The summed E-state index contributed by atoms with van der Waals surface area (Å²) in [6.07, 6.45) is 1.66. The van der Waals surface area contributed by atoms with Crippen LogP contribution in [0, 0.1) is 0 Å². The maximum absolute atomic E-state index is 12.3. The molecule has 0 bridgehead atoms. The molecule has 0 spiro atoms. The molecule has 1 saturated heterocycles. The third kappa shape index (κ3) is 2.84. The quantitative estimate of drug-likeness (QED) is 0.824. The van der Waals surface area contributed by atoms with Crippen molar-refractivity contribution in [2.45, 2.75) is 25.3 Å². The number of halogens is 1. The molecule has 0 atom stereocenters. The predicted molar refractivity (Wildman–Crippen MR) is 74.5 cm³/mol. The standard InChI is InChI=1S/C13H17BrN2O2/c1-13(5-7-18-8-6-13)16-12(17)9-3-2-4-10(15)11(9)14/h2-4H,5-8,15H2,1H3,(H,16,17). The molecule has 1 heterocycles. The molecule has 1 aromatic rings. The highest BCUT2D eigenvalue weighted by atomic mass is 79.9. The van der Waals surface area contributed by atoms with Crippen molar-refractivity contribution in [2.24, 2.45) is 0 Å². The molecule has 1 aliphatic rings. The van der Waals surface area contributed by atoms with Crippen LogP contribution in [-0.2, 0) is 4.74 Å². The van der Waals surface area contributed by atoms with Crippen molar-refractivity contribution in [3.05, 3.63) is 28.2 Å². The van der Waals surface area contributed by atoms with Gasteiger partial charge >= 0.3 is 0 Å². The van der Waals surface area contributed by atoms with E-state index in [1.165, 1.54) is 0 Å². The van der Waals surface area contributed by atoms with Crippen molar-refractivity contribution in [3.63, 3.8) is 0 Å². The minimum absolute atomic E-state index is 0.0985. The van der Waals surface area contributed by atoms with Gasteiger partial charge in [0.2, 0.25) is 0 Å². The Hall–Kier alpha value is -1.07. The molecule has 3 N–H and O–H groups in total. The lowest BCUT2D eigenvalue weighted by Crippen LogP contribution is -2.49. The summed E-state index contributed by atoms with van der Waals surface area (Å²) in [5, 5.41) is 3.08. The lowest BCUT2D eigenvalue weighted by molar-refractivity contribution is 0.0422. The number of nitrogens with two attached hydrogens (primary N) is 1. The summed E-state index contributed by atoms with van der Waals surface area (Å²) in [4.78, 5) is 12.3. The Balaban J connectivity index is 2.14. The Kier molecular flexibility index (Phi) is 3.92. The molecular formula is C13H17BrN2O2. The van der Waals surface area contributed by atoms with Crippen molar-refractivity contribution < 1.29 is 9.53 Å². The van der Waals surface area contributed by atoms with Crippen molar-refractivity contribution in [1.82, 2.24) is 5.32 Å². The Morgan fingerprint density at radius 3 is 2.78 bits per heavy atom. The number of amides is 1. The molecule has 98 valence electrons. The number of hydrogen-bond donors (Lipinski definition) is 2. The van der Waals surface area contributed by atoms with Gasteiger partial charge in [0.25, 0.3) is 5.91 Å². The van der Waals surface area contributed by atoms with Crippen LogP contribution in [0.1, 0.15) is 30.1 Å². The molecule has 1 aromatic carbocycles. The van der Waals surface area contributed by atoms with E-state index in [2.05, 4.69) is 21.2 Å². The van der Waals surface area contributed by atoms with Gasteiger partial charge in [0, 0.05) is 24.4 Å². The number of rotatable bonds is 2. The van der Waals surface area contributed by atoms with E-state index in [-0.39, 0.29) is 11.4 Å². The van der Waals surface area contributed by atoms with Crippen LogP contribution in [0.4, 0.5) is 5.69 Å². The zero-order valence-electron chi connectivity index (χ0n) is 10.3. The summed E-state index contributed by atoms with van der Waals surface area (Å²) in [5.41, 5.74) is 6.72. The third-order valence-electron chi connectivity index (χ3n) is 3.28. The van der Waals surface area contributed by atoms with E-state index in [1.807, 2.05) is 6.92 Å². The minimum atomic E-state index is -0.195. The molecule has 1 aliphatic heterocycles. The van der Waals surface area contributed by atoms with E-state index < -0.39 is 0 Å². The van der Waals surface area contributed by atoms with Gasteiger partial charge in [-0.15, -0.1) is 0 Å². The van der Waals surface area contributed by atoms with Crippen molar-refractivity contribution in [1.29, 1.82) is 0 Å². The number of hydrogen-bond acceptors (Lipinski definition) is 3. The zero-order valence-corrected chi connectivity index (χ0v) is 11.9. The summed E-state index contributed by atoms with van der Waals surface area (Å²) in [7, 11) is 0. The summed E-state index contributed by atoms with van der Waals surface area (Å²) in [6, 6.07) is 5.30. The Bertz CT molecular complexity index is 456. The van der Waals surface area contributed by atoms with Gasteiger partial charge in [0.1, 0.15) is 0 Å². The molecule has 0 radical (unpaired) electrons. The molecule has 2 rings (SSSR count). The molecule has 0 unspecified atom stereocenters. The first-order valence-corrected chi connectivity index (χ1v) is 6.75. The molecule has 0 saturated carbocycles. The number of nitrogens with one attached hydrogen (secondary N) is 1. The minimum Gasteiger partial charge on any atom is -0.398 e. The molecule has 0 aromatic heterocycles. The fraction of sp³-hybridized carbons (Fsp3) is 0.462. The molecule has 1 amide bonds. The van der Waals surface area contributed by atoms with Crippen LogP contribution in [0.5, 0.6) is 0 Å². The predicted octanol–water partition coefficient (Wildman–Crippen LogP) is 2.33. The molecule has 5 heteroatoms. The number of nitrogen functional groups attached to an aromatic ring is 1. The molecule has 0 aliphatic carbocycles. The van der Waals surface area contributed by atoms with Gasteiger partial charge in [-0.25, -0.2) is 0 Å². The van der Waals surface area contributed by atoms with Crippen LogP contribution in [-0.4, -0.2) is 24.7 Å². The monoisotopic (exact) mass is 312 g/mol. The van der Waals surface area contributed by atoms with Crippen LogP contribution in [0.3, 0.4) is 0 Å². The summed E-state index contributed by atoms with van der Waals surface area (Å²) in [6.45, 7) is 3.43. The van der Waals surface area contributed by atoms with Crippen LogP contribution < -0.4 is 11.1 Å². The second-order valence-corrected chi connectivity index (χ2v) is 5.63. The highest BCUT2D eigenvalue weighted by Crippen LogP contribution is 2.26. The maximum atomic E-state index is 12.3. The number of carbonyl (C=O) groups excluding carboxylic acids is 1. The zero-order chi connectivity index (χ0) is 13.2. The van der Waals surface area contributed by atoms with Crippen molar-refractivity contribution in [2.75, 3.05) is 18.9 Å². The first-order valence-electron chi connectivity index (χ1n) is 5.96. The Morgan fingerprint density at radius 2 is 2.11 bits per heavy atom. The SMILES string of the molecule is CC1(NC(=O)c2cccc(N)c2Br)CCOCC1. The lowest BCUT2D eigenvalue weighted by atomic mass is 9.92. The van der Waals surface area contributed by atoms with Gasteiger partial charge in [0.15, 0.2) is 0 Å². The van der Waals surface area contributed by atoms with Crippen molar-refractivity contribution in [3.8, 4) is 0 Å². The fourth-order valence-electron chi connectivity index (χ4n) is 2.01. The normalized spacial score (nSPS) is 18.3. The molecule has 18 heavy (non-hydrogen) atoms. The Labute approximate surface area is 115 Å². The van der Waals surface area contributed by atoms with Gasteiger partial charge < -0.3 is 15.8 Å². The topological polar surface area (TPSA) is 64.4 Å². The summed E-state index contributed by atoms with van der Waals surface area (Å²) < 4.78 is 5.97. The maximum Gasteiger partial charge on any atom is 0.252 e. The summed E-state index contributed by atoms with van der Waals surface area (Å²) in [5.74, 6) is -0.0985. The van der Waals surface area contributed by atoms with E-state index in [1.54, 1.807) is 18.2 Å². The molecular weight excluding hydrogens is 296 g/mol. The number of ether oxygens (including phenoxy) is 1. The van der Waals surface area contributed by atoms with E-state index in [9.17, 15) is 4.79 Å². The fourth-order valence-corrected chi connectivity index (χ4v) is 2.46. The van der Waals surface area contributed by atoms with E-state index in [0.717, 1.165) is 12.8 Å². The average molecular weight is 313 g/mol. The van der Waals surface area contributed by atoms with Gasteiger partial charge in [-0.2, -0.15) is 0 Å². The van der Waals surface area contributed by atoms with Gasteiger partial charge in [0.05, 0.1) is 10.0 Å².